The number of nitrogens with zero attached hydrogens (tertiary/aromatic N) is 6. The fourth-order valence-corrected chi connectivity index (χ4v) is 4.11. The smallest absolute Gasteiger partial charge is 0.255 e. The number of amides is 1. The lowest BCUT2D eigenvalue weighted by molar-refractivity contribution is 0.0711. The molecule has 1 aliphatic heterocycles. The molecule has 0 spiro atoms. The van der Waals surface area contributed by atoms with Crippen molar-refractivity contribution < 1.29 is 4.79 Å². The predicted molar refractivity (Wildman–Crippen MR) is 114 cm³/mol. The third kappa shape index (κ3) is 3.32. The van der Waals surface area contributed by atoms with Crippen LogP contribution in [-0.2, 0) is 7.05 Å². The van der Waals surface area contributed by atoms with E-state index in [1.165, 1.54) is 0 Å². The molecule has 1 fully saturated rings. The van der Waals surface area contributed by atoms with E-state index in [1.807, 2.05) is 47.2 Å². The molecule has 0 aromatic carbocycles. The lowest BCUT2D eigenvalue weighted by atomic mass is 9.92. The van der Waals surface area contributed by atoms with Gasteiger partial charge in [0.2, 0.25) is 0 Å². The summed E-state index contributed by atoms with van der Waals surface area (Å²) in [5.74, 6) is 0.352. The minimum Gasteiger partial charge on any atom is -0.339 e. The van der Waals surface area contributed by atoms with E-state index in [1.54, 1.807) is 24.7 Å². The Labute approximate surface area is 174 Å². The Hall–Kier alpha value is -3.61. The highest BCUT2D eigenvalue weighted by molar-refractivity contribution is 5.94. The minimum atomic E-state index is 0.0487. The molecule has 0 bridgehead atoms. The molecule has 5 rings (SSSR count). The molecule has 0 radical (unpaired) electrons. The van der Waals surface area contributed by atoms with Crippen molar-refractivity contribution in [2.24, 2.45) is 7.05 Å². The number of imidazole rings is 1. The van der Waals surface area contributed by atoms with Crippen molar-refractivity contribution in [1.29, 1.82) is 0 Å². The summed E-state index contributed by atoms with van der Waals surface area (Å²) in [6.07, 6.45) is 10.5. The number of pyridine rings is 3. The molecule has 7 heteroatoms. The van der Waals surface area contributed by atoms with Crippen molar-refractivity contribution >= 4 is 16.9 Å². The van der Waals surface area contributed by atoms with Crippen LogP contribution in [0.2, 0.25) is 0 Å². The van der Waals surface area contributed by atoms with Crippen molar-refractivity contribution in [3.8, 4) is 11.3 Å². The summed E-state index contributed by atoms with van der Waals surface area (Å²) in [6.45, 7) is 1.43. The van der Waals surface area contributed by atoms with E-state index >= 15 is 0 Å². The summed E-state index contributed by atoms with van der Waals surface area (Å²) in [4.78, 5) is 32.5. The van der Waals surface area contributed by atoms with E-state index in [4.69, 9.17) is 4.98 Å². The third-order valence-electron chi connectivity index (χ3n) is 5.78. The number of carbonyl (C=O) groups excluding carboxylic acids is 1. The van der Waals surface area contributed by atoms with Crippen LogP contribution in [0.25, 0.3) is 22.3 Å². The van der Waals surface area contributed by atoms with E-state index < -0.39 is 0 Å². The zero-order valence-corrected chi connectivity index (χ0v) is 16.8. The second-order valence-electron chi connectivity index (χ2n) is 7.67. The Balaban J connectivity index is 1.42. The zero-order chi connectivity index (χ0) is 20.5. The molecular weight excluding hydrogens is 376 g/mol. The van der Waals surface area contributed by atoms with Gasteiger partial charge in [0.25, 0.3) is 5.91 Å². The largest absolute Gasteiger partial charge is 0.339 e. The molecule has 1 saturated heterocycles. The number of rotatable bonds is 3. The van der Waals surface area contributed by atoms with Crippen LogP contribution < -0.4 is 0 Å². The van der Waals surface area contributed by atoms with Crippen LogP contribution in [-0.4, -0.2) is 48.4 Å². The van der Waals surface area contributed by atoms with Gasteiger partial charge in [0.1, 0.15) is 5.52 Å². The second kappa shape index (κ2) is 7.67. The summed E-state index contributed by atoms with van der Waals surface area (Å²) >= 11 is 0. The van der Waals surface area contributed by atoms with Crippen LogP contribution in [0.5, 0.6) is 0 Å². The first-order valence-electron chi connectivity index (χ1n) is 10.1. The Morgan fingerprint density at radius 1 is 1.07 bits per heavy atom. The molecule has 0 atom stereocenters. The number of aromatic nitrogens is 5. The van der Waals surface area contributed by atoms with Gasteiger partial charge in [-0.15, -0.1) is 0 Å². The Bertz CT molecular complexity index is 1180. The van der Waals surface area contributed by atoms with E-state index in [-0.39, 0.29) is 5.91 Å². The lowest BCUT2D eigenvalue weighted by Gasteiger charge is -2.32. The molecule has 0 N–H and O–H groups in total. The van der Waals surface area contributed by atoms with Gasteiger partial charge in [-0.05, 0) is 43.2 Å². The van der Waals surface area contributed by atoms with Gasteiger partial charge in [-0.25, -0.2) is 4.98 Å². The van der Waals surface area contributed by atoms with Crippen molar-refractivity contribution in [2.75, 3.05) is 13.1 Å². The maximum atomic E-state index is 12.7. The summed E-state index contributed by atoms with van der Waals surface area (Å²) in [5, 5.41) is 0. The Kier molecular flexibility index (Phi) is 4.71. The highest BCUT2D eigenvalue weighted by Gasteiger charge is 2.26. The Morgan fingerprint density at radius 2 is 1.83 bits per heavy atom. The van der Waals surface area contributed by atoms with E-state index in [2.05, 4.69) is 21.0 Å². The summed E-state index contributed by atoms with van der Waals surface area (Å²) in [6, 6.07) is 9.70. The average molecular weight is 398 g/mol. The fraction of sp³-hybridized carbons (Fsp3) is 0.261. The summed E-state index contributed by atoms with van der Waals surface area (Å²) in [7, 11) is 2.00. The normalized spacial score (nSPS) is 14.9. The van der Waals surface area contributed by atoms with Crippen LogP contribution in [0.15, 0.2) is 61.4 Å². The van der Waals surface area contributed by atoms with Crippen molar-refractivity contribution in [2.45, 2.75) is 18.8 Å². The first-order valence-corrected chi connectivity index (χ1v) is 10.1. The molecule has 0 unspecified atom stereocenters. The molecule has 1 aliphatic rings. The average Bonchev–Trinajstić information content (AvgIpc) is 3.20. The quantitative estimate of drug-likeness (QED) is 0.528. The molecule has 1 amide bonds. The fourth-order valence-electron chi connectivity index (χ4n) is 4.11. The first kappa shape index (κ1) is 18.4. The van der Waals surface area contributed by atoms with Gasteiger partial charge in [-0.1, -0.05) is 0 Å². The van der Waals surface area contributed by atoms with Crippen LogP contribution in [0.3, 0.4) is 0 Å². The predicted octanol–water partition coefficient (Wildman–Crippen LogP) is 3.45. The number of hydrogen-bond donors (Lipinski definition) is 0. The number of carbonyl (C=O) groups is 1. The van der Waals surface area contributed by atoms with Gasteiger partial charge >= 0.3 is 0 Å². The van der Waals surface area contributed by atoms with E-state index in [0.717, 1.165) is 40.8 Å². The van der Waals surface area contributed by atoms with Crippen molar-refractivity contribution in [1.82, 2.24) is 29.4 Å². The van der Waals surface area contributed by atoms with Crippen LogP contribution in [0, 0.1) is 0 Å². The van der Waals surface area contributed by atoms with E-state index in [0.29, 0.717) is 24.6 Å². The van der Waals surface area contributed by atoms with Crippen molar-refractivity contribution in [3.63, 3.8) is 0 Å². The molecular formula is C23H22N6O. The molecule has 30 heavy (non-hydrogen) atoms. The van der Waals surface area contributed by atoms with Gasteiger partial charge in [-0.2, -0.15) is 0 Å². The van der Waals surface area contributed by atoms with Gasteiger partial charge in [0.05, 0.1) is 23.1 Å². The maximum absolute atomic E-state index is 12.7. The highest BCUT2D eigenvalue weighted by atomic mass is 16.2. The van der Waals surface area contributed by atoms with Crippen molar-refractivity contribution in [3.05, 3.63) is 72.7 Å². The SMILES string of the molecule is Cn1cnc2c(-c3cccnc3)nc(C3CCN(C(=O)c4cccnc4)CC3)cc21. The first-order chi connectivity index (χ1) is 14.7. The molecule has 7 nitrogen and oxygen atoms in total. The van der Waals surface area contributed by atoms with Gasteiger partial charge in [0, 0.05) is 62.1 Å². The number of aryl methyl sites for hydroxylation is 1. The minimum absolute atomic E-state index is 0.0487. The number of likely N-dealkylation sites (tertiary alicyclic amines) is 1. The summed E-state index contributed by atoms with van der Waals surface area (Å²) < 4.78 is 2.03. The van der Waals surface area contributed by atoms with Crippen LogP contribution in [0.4, 0.5) is 0 Å². The molecule has 150 valence electrons. The number of piperidine rings is 1. The number of hydrogen-bond acceptors (Lipinski definition) is 5. The summed E-state index contributed by atoms with van der Waals surface area (Å²) in [5.41, 5.74) is 5.48. The van der Waals surface area contributed by atoms with Crippen LogP contribution in [0.1, 0.15) is 34.8 Å². The number of fused-ring (bicyclic) bond motifs is 1. The van der Waals surface area contributed by atoms with Gasteiger partial charge < -0.3 is 9.47 Å². The second-order valence-corrected chi connectivity index (χ2v) is 7.67. The molecule has 4 aromatic heterocycles. The van der Waals surface area contributed by atoms with E-state index in [9.17, 15) is 4.79 Å². The molecule has 0 aliphatic carbocycles. The lowest BCUT2D eigenvalue weighted by Crippen LogP contribution is -2.38. The Morgan fingerprint density at radius 3 is 2.53 bits per heavy atom. The topological polar surface area (TPSA) is 76.8 Å². The maximum Gasteiger partial charge on any atom is 0.255 e. The molecule has 4 aromatic rings. The molecule has 5 heterocycles. The highest BCUT2D eigenvalue weighted by Crippen LogP contribution is 2.33. The monoisotopic (exact) mass is 398 g/mol. The third-order valence-corrected chi connectivity index (χ3v) is 5.78. The van der Waals surface area contributed by atoms with Crippen LogP contribution >= 0.6 is 0 Å². The molecule has 0 saturated carbocycles. The van der Waals surface area contributed by atoms with Gasteiger partial charge in [0.15, 0.2) is 0 Å². The zero-order valence-electron chi connectivity index (χ0n) is 16.8. The standard InChI is InChI=1S/C23H22N6O/c1-28-15-26-22-20(28)12-19(27-21(22)17-4-2-8-24-13-17)16-6-10-29(11-7-16)23(30)18-5-3-9-25-14-18/h2-5,8-9,12-16H,6-7,10-11H2,1H3. The van der Waals surface area contributed by atoms with Gasteiger partial charge in [-0.3, -0.25) is 19.7 Å².